The van der Waals surface area contributed by atoms with E-state index in [0.29, 0.717) is 0 Å². The molecule has 0 unspecified atom stereocenters. The van der Waals surface area contributed by atoms with E-state index in [0.717, 1.165) is 0 Å². The van der Waals surface area contributed by atoms with Gasteiger partial charge in [0.15, 0.2) is 0 Å². The van der Waals surface area contributed by atoms with Gasteiger partial charge in [-0.3, -0.25) is 4.28 Å². The topological polar surface area (TPSA) is 99.0 Å². The summed E-state index contributed by atoms with van der Waals surface area (Å²) in [5.74, 6) is 0. The molecule has 0 aliphatic carbocycles. The molecule has 0 saturated carbocycles. The maximum Gasteiger partial charge on any atom is 0.283 e. The number of aliphatic hydroxyl groups is 1. The monoisotopic (exact) mass is 225 g/mol. The summed E-state index contributed by atoms with van der Waals surface area (Å²) in [5, 5.41) is 11.5. The van der Waals surface area contributed by atoms with E-state index in [4.69, 9.17) is 5.11 Å². The average molecular weight is 225 g/mol. The van der Waals surface area contributed by atoms with E-state index in [-0.39, 0.29) is 11.5 Å². The van der Waals surface area contributed by atoms with Gasteiger partial charge in [0.05, 0.1) is 6.10 Å². The van der Waals surface area contributed by atoms with E-state index >= 15 is 0 Å². The van der Waals surface area contributed by atoms with Crippen LogP contribution in [0.3, 0.4) is 0 Å². The van der Waals surface area contributed by atoms with Gasteiger partial charge >= 0.3 is 0 Å². The van der Waals surface area contributed by atoms with E-state index in [1.165, 1.54) is 6.08 Å². The zero-order chi connectivity index (χ0) is 10.5. The van der Waals surface area contributed by atoms with Crippen molar-refractivity contribution in [2.45, 2.75) is 12.5 Å². The van der Waals surface area contributed by atoms with Crippen molar-refractivity contribution in [3.05, 3.63) is 12.7 Å². The molecule has 0 amide bonds. The van der Waals surface area contributed by atoms with Gasteiger partial charge in [0.25, 0.3) is 10.4 Å². The molecule has 0 aromatic carbocycles. The number of rotatable bonds is 5. The predicted octanol–water partition coefficient (Wildman–Crippen LogP) is -0.739. The summed E-state index contributed by atoms with van der Waals surface area (Å²) >= 11 is 4.46. The maximum atomic E-state index is 9.88. The average Bonchev–Trinajstić information content (AvgIpc) is 1.99. The fourth-order valence-electron chi connectivity index (χ4n) is 0.387. The summed E-state index contributed by atoms with van der Waals surface area (Å²) in [5.41, 5.74) is 0. The number of nitrogens with zero attached hydrogens (tertiary/aromatic N) is 1. The van der Waals surface area contributed by atoms with Crippen molar-refractivity contribution < 1.29 is 22.4 Å². The van der Waals surface area contributed by atoms with E-state index < -0.39 is 16.5 Å². The molecule has 0 aromatic heterocycles. The molecule has 0 aliphatic heterocycles. The first-order valence-corrected chi connectivity index (χ1v) is 4.78. The first-order chi connectivity index (χ1) is 5.85. The van der Waals surface area contributed by atoms with Crippen LogP contribution in [0.4, 0.5) is 0 Å². The molecule has 76 valence electrons. The Labute approximate surface area is 81.3 Å². The Morgan fingerprint density at radius 3 is 2.77 bits per heavy atom. The van der Waals surface area contributed by atoms with Crippen LogP contribution in [0, 0.1) is 0 Å². The Kier molecular flexibility index (Phi) is 4.85. The van der Waals surface area contributed by atoms with Crippen LogP contribution in [0.15, 0.2) is 17.8 Å². The van der Waals surface area contributed by atoms with Crippen LogP contribution in [-0.2, 0) is 27.3 Å². The third-order valence-corrected chi connectivity index (χ3v) is 1.38. The molecule has 0 heterocycles. The molecule has 0 aromatic rings. The summed E-state index contributed by atoms with van der Waals surface area (Å²) in [6.07, 6.45) is 0.135. The Morgan fingerprint density at radius 1 is 1.85 bits per heavy atom. The van der Waals surface area contributed by atoms with Crippen LogP contribution in [0.5, 0.6) is 0 Å². The molecule has 1 atom stereocenters. The minimum Gasteiger partial charge on any atom is -0.761 e. The van der Waals surface area contributed by atoms with E-state index in [1.807, 2.05) is 0 Å². The molecule has 0 aliphatic rings. The Hall–Kier alpha value is -0.700. The number of hydrogen-bond donors (Lipinski definition) is 1. The number of hydrogen-bond acceptors (Lipinski definition) is 7. The Balaban J connectivity index is 4.11. The molecule has 6 nitrogen and oxygen atoms in total. The molecule has 0 bridgehead atoms. The summed E-state index contributed by atoms with van der Waals surface area (Å²) in [6, 6.07) is 0. The highest BCUT2D eigenvalue weighted by Crippen LogP contribution is 1.96. The summed E-state index contributed by atoms with van der Waals surface area (Å²) in [4.78, 5) is 0. The highest BCUT2D eigenvalue weighted by Gasteiger charge is 1.96. The van der Waals surface area contributed by atoms with Gasteiger partial charge < -0.3 is 22.3 Å². The van der Waals surface area contributed by atoms with Gasteiger partial charge in [0.2, 0.25) is 0 Å². The van der Waals surface area contributed by atoms with Crippen LogP contribution in [0.25, 0.3) is 0 Å². The Morgan fingerprint density at radius 2 is 2.38 bits per heavy atom. The predicted molar refractivity (Wildman–Crippen MR) is 46.4 cm³/mol. The fourth-order valence-corrected chi connectivity index (χ4v) is 0.823. The quantitative estimate of drug-likeness (QED) is 0.126. The molecule has 0 rings (SSSR count). The van der Waals surface area contributed by atoms with Crippen LogP contribution >= 0.6 is 0 Å². The first-order valence-electron chi connectivity index (χ1n) is 3.04. The second-order valence-corrected chi connectivity index (χ2v) is 3.41. The zero-order valence-corrected chi connectivity index (χ0v) is 8.05. The molecule has 0 saturated heterocycles. The van der Waals surface area contributed by atoms with Gasteiger partial charge in [0, 0.05) is 0 Å². The maximum absolute atomic E-state index is 9.88. The lowest BCUT2D eigenvalue weighted by Crippen LogP contribution is -2.10. The van der Waals surface area contributed by atoms with Crippen molar-refractivity contribution in [1.82, 2.24) is 0 Å². The highest BCUT2D eigenvalue weighted by atomic mass is 32.3. The van der Waals surface area contributed by atoms with Gasteiger partial charge in [-0.15, -0.1) is 6.58 Å². The van der Waals surface area contributed by atoms with Crippen molar-refractivity contribution in [1.29, 1.82) is 0 Å². The van der Waals surface area contributed by atoms with Gasteiger partial charge in [0.1, 0.15) is 0 Å². The lowest BCUT2D eigenvalue weighted by atomic mass is 10.3. The van der Waals surface area contributed by atoms with Crippen molar-refractivity contribution in [2.75, 3.05) is 0 Å². The molecule has 0 radical (unpaired) electrons. The Bertz CT molecular complexity index is 296. The van der Waals surface area contributed by atoms with E-state index in [9.17, 15) is 13.0 Å². The van der Waals surface area contributed by atoms with Crippen molar-refractivity contribution in [3.8, 4) is 0 Å². The number of aliphatic hydroxyl groups excluding tert-OH is 1. The van der Waals surface area contributed by atoms with Gasteiger partial charge in [-0.05, 0) is 6.42 Å². The fraction of sp³-hybridized carbons (Fsp3) is 0.400. The molecule has 0 fully saturated rings. The van der Waals surface area contributed by atoms with E-state index in [2.05, 4.69) is 28.6 Å². The smallest absolute Gasteiger partial charge is 0.283 e. The standard InChI is InChI=1S/C5H9NO5S2/c1-2-4(7)3-5(12)6-11-13(8,9)10/h2,4,7H,1,3H2,(H,6,12)(H,8,9,10)/p-2/t4-/m0/s1. The lowest BCUT2D eigenvalue weighted by molar-refractivity contribution is 0.229. The van der Waals surface area contributed by atoms with Gasteiger partial charge in [-0.1, -0.05) is 16.3 Å². The number of oxime groups is 1. The van der Waals surface area contributed by atoms with Crippen molar-refractivity contribution in [2.24, 2.45) is 5.16 Å². The second-order valence-electron chi connectivity index (χ2n) is 1.97. The van der Waals surface area contributed by atoms with Crippen LogP contribution in [0.1, 0.15) is 6.42 Å². The van der Waals surface area contributed by atoms with Crippen molar-refractivity contribution in [3.63, 3.8) is 0 Å². The van der Waals surface area contributed by atoms with Crippen LogP contribution in [-0.4, -0.2) is 29.2 Å². The highest BCUT2D eigenvalue weighted by molar-refractivity contribution is 7.81. The SMILES string of the molecule is C=C[C@H](O)C/C([S-])=N/OS(=O)(=O)[O-]. The molecule has 1 N–H and O–H groups in total. The second kappa shape index (κ2) is 5.12. The molecular formula is C5H7NO5S2-2. The lowest BCUT2D eigenvalue weighted by Gasteiger charge is -2.12. The minimum absolute atomic E-state index is 0.117. The van der Waals surface area contributed by atoms with E-state index in [1.54, 1.807) is 0 Å². The molecule has 0 spiro atoms. The third kappa shape index (κ3) is 7.65. The summed E-state index contributed by atoms with van der Waals surface area (Å²) < 4.78 is 33.1. The van der Waals surface area contributed by atoms with Gasteiger partial charge in [-0.25, -0.2) is 0 Å². The zero-order valence-electron chi connectivity index (χ0n) is 6.41. The van der Waals surface area contributed by atoms with Crippen LogP contribution in [0.2, 0.25) is 0 Å². The summed E-state index contributed by atoms with van der Waals surface area (Å²) in [7, 11) is -4.87. The van der Waals surface area contributed by atoms with Gasteiger partial charge in [-0.2, -0.15) is 8.42 Å². The molecule has 13 heavy (non-hydrogen) atoms. The first kappa shape index (κ1) is 12.3. The minimum atomic E-state index is -4.87. The molecule has 8 heteroatoms. The molecular weight excluding hydrogens is 218 g/mol. The third-order valence-electron chi connectivity index (χ3n) is 0.886. The summed E-state index contributed by atoms with van der Waals surface area (Å²) in [6.45, 7) is 3.25. The van der Waals surface area contributed by atoms with Crippen molar-refractivity contribution >= 4 is 28.1 Å². The van der Waals surface area contributed by atoms with Crippen LogP contribution < -0.4 is 0 Å². The largest absolute Gasteiger partial charge is 0.761 e. The normalized spacial score (nSPS) is 15.1.